The molecule has 8 heteroatoms. The molecule has 1 aliphatic rings. The van der Waals surface area contributed by atoms with Crippen molar-refractivity contribution >= 4 is 17.5 Å². The topological polar surface area (TPSA) is 52.7 Å². The molecule has 2 aromatic rings. The van der Waals surface area contributed by atoms with E-state index in [1.807, 2.05) is 4.90 Å². The molecule has 2 aromatic carbocycles. The van der Waals surface area contributed by atoms with Crippen LogP contribution >= 0.6 is 0 Å². The number of carbonyl (C=O) groups is 2. The number of hydrogen-bond donors (Lipinski definition) is 1. The van der Waals surface area contributed by atoms with Crippen molar-refractivity contribution in [2.75, 3.05) is 31.1 Å². The number of hydrogen-bond acceptors (Lipinski definition) is 3. The summed E-state index contributed by atoms with van der Waals surface area (Å²) in [6, 6.07) is 8.41. The van der Waals surface area contributed by atoms with Gasteiger partial charge in [-0.1, -0.05) is 19.9 Å². The third-order valence-electron chi connectivity index (χ3n) is 5.19. The Hall–Kier alpha value is -3.03. The highest BCUT2D eigenvalue weighted by atomic mass is 19.1. The third kappa shape index (κ3) is 4.75. The second-order valence-electron chi connectivity index (χ2n) is 7.58. The first-order valence-electron chi connectivity index (χ1n) is 9.82. The molecule has 1 aliphatic heterocycles. The van der Waals surface area contributed by atoms with E-state index in [0.29, 0.717) is 26.2 Å². The van der Waals surface area contributed by atoms with Crippen LogP contribution in [0.1, 0.15) is 24.2 Å². The lowest BCUT2D eigenvalue weighted by Gasteiger charge is -2.38. The number of anilines is 1. The third-order valence-corrected chi connectivity index (χ3v) is 5.19. The fraction of sp³-hybridized carbons (Fsp3) is 0.364. The monoisotopic (exact) mass is 419 g/mol. The van der Waals surface area contributed by atoms with Gasteiger partial charge < -0.3 is 15.1 Å². The quantitative estimate of drug-likeness (QED) is 0.810. The minimum atomic E-state index is -0.977. The number of nitrogens with zero attached hydrogens (tertiary/aromatic N) is 2. The van der Waals surface area contributed by atoms with Crippen molar-refractivity contribution in [3.63, 3.8) is 0 Å². The van der Waals surface area contributed by atoms with Gasteiger partial charge in [-0.3, -0.25) is 9.59 Å². The molecule has 0 spiro atoms. The van der Waals surface area contributed by atoms with Crippen LogP contribution in [0.5, 0.6) is 0 Å². The minimum absolute atomic E-state index is 0.272. The van der Waals surface area contributed by atoms with E-state index in [0.717, 1.165) is 17.8 Å². The number of rotatable bonds is 5. The smallest absolute Gasteiger partial charge is 0.257 e. The first kappa shape index (κ1) is 21.7. The molecule has 0 bridgehead atoms. The van der Waals surface area contributed by atoms with Gasteiger partial charge in [0, 0.05) is 31.9 Å². The Morgan fingerprint density at radius 2 is 1.47 bits per heavy atom. The number of halogens is 3. The number of amides is 2. The Bertz CT molecular complexity index is 890. The molecule has 0 saturated carbocycles. The number of piperazine rings is 1. The zero-order chi connectivity index (χ0) is 21.8. The van der Waals surface area contributed by atoms with Gasteiger partial charge in [-0.15, -0.1) is 0 Å². The SMILES string of the molecule is CC(C)[C@@H](NC(=O)c1c(F)cccc1F)C(=O)N1CCN(c2ccc(F)cc2)CC1. The minimum Gasteiger partial charge on any atom is -0.368 e. The van der Waals surface area contributed by atoms with Crippen LogP contribution in [-0.2, 0) is 4.79 Å². The van der Waals surface area contributed by atoms with Gasteiger partial charge in [0.05, 0.1) is 0 Å². The van der Waals surface area contributed by atoms with Crippen molar-refractivity contribution < 1.29 is 22.8 Å². The van der Waals surface area contributed by atoms with Crippen molar-refractivity contribution in [3.05, 3.63) is 65.5 Å². The van der Waals surface area contributed by atoms with E-state index in [9.17, 15) is 22.8 Å². The van der Waals surface area contributed by atoms with Crippen LogP contribution in [0.25, 0.3) is 0 Å². The number of carbonyl (C=O) groups excluding carboxylic acids is 2. The molecule has 0 aromatic heterocycles. The zero-order valence-corrected chi connectivity index (χ0v) is 16.9. The molecule has 1 saturated heterocycles. The van der Waals surface area contributed by atoms with E-state index >= 15 is 0 Å². The maximum Gasteiger partial charge on any atom is 0.257 e. The lowest BCUT2D eigenvalue weighted by molar-refractivity contribution is -0.134. The lowest BCUT2D eigenvalue weighted by atomic mass is 10.0. The van der Waals surface area contributed by atoms with Crippen LogP contribution in [0.15, 0.2) is 42.5 Å². The lowest BCUT2D eigenvalue weighted by Crippen LogP contribution is -2.56. The highest BCUT2D eigenvalue weighted by molar-refractivity contribution is 5.98. The van der Waals surface area contributed by atoms with E-state index < -0.39 is 29.1 Å². The van der Waals surface area contributed by atoms with Crippen LogP contribution in [0.4, 0.5) is 18.9 Å². The molecule has 1 heterocycles. The average Bonchev–Trinajstić information content (AvgIpc) is 2.72. The van der Waals surface area contributed by atoms with Gasteiger partial charge >= 0.3 is 0 Å². The molecular weight excluding hydrogens is 395 g/mol. The molecule has 0 unspecified atom stereocenters. The highest BCUT2D eigenvalue weighted by Crippen LogP contribution is 2.19. The highest BCUT2D eigenvalue weighted by Gasteiger charge is 2.32. The van der Waals surface area contributed by atoms with Crippen molar-refractivity contribution in [2.45, 2.75) is 19.9 Å². The van der Waals surface area contributed by atoms with Crippen molar-refractivity contribution in [1.29, 1.82) is 0 Å². The van der Waals surface area contributed by atoms with E-state index in [-0.39, 0.29) is 17.6 Å². The molecule has 1 fully saturated rings. The zero-order valence-electron chi connectivity index (χ0n) is 16.9. The second kappa shape index (κ2) is 9.19. The molecule has 1 N–H and O–H groups in total. The van der Waals surface area contributed by atoms with E-state index in [4.69, 9.17) is 0 Å². The molecule has 0 aliphatic carbocycles. The summed E-state index contributed by atoms with van der Waals surface area (Å²) < 4.78 is 40.9. The predicted octanol–water partition coefficient (Wildman–Crippen LogP) is 3.21. The molecule has 160 valence electrons. The van der Waals surface area contributed by atoms with Crippen LogP contribution in [0, 0.1) is 23.4 Å². The summed E-state index contributed by atoms with van der Waals surface area (Å²) in [7, 11) is 0. The summed E-state index contributed by atoms with van der Waals surface area (Å²) in [5.41, 5.74) is 0.171. The maximum absolute atomic E-state index is 13.9. The number of nitrogens with one attached hydrogen (secondary N) is 1. The van der Waals surface area contributed by atoms with Gasteiger partial charge in [-0.2, -0.15) is 0 Å². The summed E-state index contributed by atoms with van der Waals surface area (Å²) in [5.74, 6) is -3.79. The van der Waals surface area contributed by atoms with E-state index in [1.54, 1.807) is 30.9 Å². The van der Waals surface area contributed by atoms with Gasteiger partial charge in [-0.05, 0) is 42.3 Å². The molecule has 2 amide bonds. The molecule has 0 radical (unpaired) electrons. The fourth-order valence-electron chi connectivity index (χ4n) is 3.48. The normalized spacial score (nSPS) is 15.3. The van der Waals surface area contributed by atoms with Gasteiger partial charge in [0.25, 0.3) is 5.91 Å². The van der Waals surface area contributed by atoms with E-state index in [1.165, 1.54) is 18.2 Å². The Morgan fingerprint density at radius 1 is 0.900 bits per heavy atom. The molecule has 1 atom stereocenters. The predicted molar refractivity (Wildman–Crippen MR) is 108 cm³/mol. The molecule has 30 heavy (non-hydrogen) atoms. The van der Waals surface area contributed by atoms with Gasteiger partial charge in [-0.25, -0.2) is 13.2 Å². The Balaban J connectivity index is 1.66. The molecule has 5 nitrogen and oxygen atoms in total. The summed E-state index contributed by atoms with van der Waals surface area (Å²) in [4.78, 5) is 29.1. The van der Waals surface area contributed by atoms with Crippen LogP contribution < -0.4 is 10.2 Å². The maximum atomic E-state index is 13.9. The van der Waals surface area contributed by atoms with Crippen LogP contribution in [0.2, 0.25) is 0 Å². The van der Waals surface area contributed by atoms with Crippen molar-refractivity contribution in [2.24, 2.45) is 5.92 Å². The number of benzene rings is 2. The average molecular weight is 419 g/mol. The van der Waals surface area contributed by atoms with Gasteiger partial charge in [0.2, 0.25) is 5.91 Å². The first-order valence-corrected chi connectivity index (χ1v) is 9.82. The standard InChI is InChI=1S/C22H24F3N3O2/c1-14(2)20(26-21(29)19-17(24)4-3-5-18(19)25)22(30)28-12-10-27(11-13-28)16-8-6-15(23)7-9-16/h3-9,14,20H,10-13H2,1-2H3,(H,26,29)/t20-/m1/s1. The van der Waals surface area contributed by atoms with Gasteiger partial charge in [0.15, 0.2) is 0 Å². The summed E-state index contributed by atoms with van der Waals surface area (Å²) >= 11 is 0. The van der Waals surface area contributed by atoms with Gasteiger partial charge in [0.1, 0.15) is 29.1 Å². The second-order valence-corrected chi connectivity index (χ2v) is 7.58. The first-order chi connectivity index (χ1) is 14.3. The van der Waals surface area contributed by atoms with Crippen LogP contribution in [0.3, 0.4) is 0 Å². The fourth-order valence-corrected chi connectivity index (χ4v) is 3.48. The summed E-state index contributed by atoms with van der Waals surface area (Å²) in [6.45, 7) is 5.47. The van der Waals surface area contributed by atoms with Crippen molar-refractivity contribution in [3.8, 4) is 0 Å². The summed E-state index contributed by atoms with van der Waals surface area (Å²) in [5, 5.41) is 2.50. The molecular formula is C22H24F3N3O2. The molecule has 3 rings (SSSR count). The Kier molecular flexibility index (Phi) is 6.64. The van der Waals surface area contributed by atoms with Crippen LogP contribution in [-0.4, -0.2) is 48.9 Å². The van der Waals surface area contributed by atoms with Crippen molar-refractivity contribution in [1.82, 2.24) is 10.2 Å². The Labute approximate surface area is 173 Å². The largest absolute Gasteiger partial charge is 0.368 e. The van der Waals surface area contributed by atoms with E-state index in [2.05, 4.69) is 5.32 Å². The Morgan fingerprint density at radius 3 is 2.00 bits per heavy atom. The summed E-state index contributed by atoms with van der Waals surface area (Å²) in [6.07, 6.45) is 0.